The zero-order valence-corrected chi connectivity index (χ0v) is 8.47. The highest BCUT2D eigenvalue weighted by molar-refractivity contribution is 5.80. The molecule has 15 heavy (non-hydrogen) atoms. The minimum Gasteiger partial charge on any atom is -0.462 e. The van der Waals surface area contributed by atoms with E-state index in [1.165, 1.54) is 14.0 Å². The van der Waals surface area contributed by atoms with Crippen LogP contribution in [0.5, 0.6) is 0 Å². The van der Waals surface area contributed by atoms with Gasteiger partial charge in [0.05, 0.1) is 0 Å². The second kappa shape index (κ2) is 6.57. The molecular formula is C7H12N2O6. The molecule has 0 unspecified atom stereocenters. The van der Waals surface area contributed by atoms with Crippen molar-refractivity contribution in [2.75, 3.05) is 26.8 Å². The predicted molar refractivity (Wildman–Crippen MR) is 47.2 cm³/mol. The fraction of sp³-hybridized carbons (Fsp3) is 0.714. The van der Waals surface area contributed by atoms with Crippen LogP contribution in [0.1, 0.15) is 6.92 Å². The number of nitrogens with zero attached hydrogens (tertiary/aromatic N) is 2. The fourth-order valence-corrected chi connectivity index (χ4v) is 0.618. The Morgan fingerprint density at radius 1 is 1.40 bits per heavy atom. The van der Waals surface area contributed by atoms with Gasteiger partial charge < -0.3 is 14.5 Å². The van der Waals surface area contributed by atoms with Gasteiger partial charge in [0.2, 0.25) is 5.91 Å². The average molecular weight is 220 g/mol. The van der Waals surface area contributed by atoms with Crippen LogP contribution in [0.2, 0.25) is 0 Å². The van der Waals surface area contributed by atoms with Gasteiger partial charge in [-0.1, -0.05) is 0 Å². The van der Waals surface area contributed by atoms with Gasteiger partial charge >= 0.3 is 5.97 Å². The highest BCUT2D eigenvalue weighted by Gasteiger charge is 2.09. The molecule has 8 heteroatoms. The lowest BCUT2D eigenvalue weighted by atomic mass is 10.5. The molecule has 0 radical (unpaired) electrons. The van der Waals surface area contributed by atoms with Gasteiger partial charge in [0, 0.05) is 14.0 Å². The third-order valence-corrected chi connectivity index (χ3v) is 1.45. The Bertz CT molecular complexity index is 254. The largest absolute Gasteiger partial charge is 0.462 e. The van der Waals surface area contributed by atoms with Gasteiger partial charge in [-0.05, 0) is 0 Å². The van der Waals surface area contributed by atoms with Crippen LogP contribution in [-0.2, 0) is 19.2 Å². The average Bonchev–Trinajstić information content (AvgIpc) is 2.12. The van der Waals surface area contributed by atoms with Crippen LogP contribution in [0.4, 0.5) is 0 Å². The normalized spacial score (nSPS) is 9.20. The van der Waals surface area contributed by atoms with Crippen molar-refractivity contribution >= 4 is 11.9 Å². The van der Waals surface area contributed by atoms with Crippen molar-refractivity contribution in [3.63, 3.8) is 0 Å². The van der Waals surface area contributed by atoms with E-state index in [1.807, 2.05) is 0 Å². The fourth-order valence-electron chi connectivity index (χ4n) is 0.618. The maximum Gasteiger partial charge on any atom is 0.325 e. The van der Waals surface area contributed by atoms with Crippen molar-refractivity contribution < 1.29 is 24.3 Å². The molecule has 86 valence electrons. The first-order chi connectivity index (χ1) is 6.93. The zero-order chi connectivity index (χ0) is 11.8. The molecule has 0 saturated heterocycles. The van der Waals surface area contributed by atoms with E-state index in [9.17, 15) is 19.7 Å². The van der Waals surface area contributed by atoms with Crippen molar-refractivity contribution in [2.45, 2.75) is 6.92 Å². The van der Waals surface area contributed by atoms with Crippen molar-refractivity contribution in [3.05, 3.63) is 10.1 Å². The van der Waals surface area contributed by atoms with Gasteiger partial charge in [-0.15, -0.1) is 10.1 Å². The minimum absolute atomic E-state index is 0.187. The van der Waals surface area contributed by atoms with Crippen molar-refractivity contribution in [1.82, 2.24) is 4.90 Å². The molecule has 0 aliphatic carbocycles. The molecule has 0 spiro atoms. The lowest BCUT2D eigenvalue weighted by molar-refractivity contribution is -0.757. The van der Waals surface area contributed by atoms with Crippen LogP contribution in [-0.4, -0.2) is 48.7 Å². The molecule has 8 nitrogen and oxygen atoms in total. The van der Waals surface area contributed by atoms with E-state index >= 15 is 0 Å². The van der Waals surface area contributed by atoms with Crippen LogP contribution in [0.25, 0.3) is 0 Å². The number of likely N-dealkylation sites (N-methyl/N-ethyl adjacent to an activating group) is 1. The van der Waals surface area contributed by atoms with Crippen molar-refractivity contribution in [2.24, 2.45) is 0 Å². The second-order valence-corrected chi connectivity index (χ2v) is 2.65. The second-order valence-electron chi connectivity index (χ2n) is 2.65. The van der Waals surface area contributed by atoms with Crippen molar-refractivity contribution in [1.29, 1.82) is 0 Å². The molecular weight excluding hydrogens is 208 g/mol. The van der Waals surface area contributed by atoms with Crippen LogP contribution in [0, 0.1) is 10.1 Å². The van der Waals surface area contributed by atoms with E-state index in [4.69, 9.17) is 0 Å². The van der Waals surface area contributed by atoms with Gasteiger partial charge in [-0.25, -0.2) is 0 Å². The van der Waals surface area contributed by atoms with E-state index in [0.29, 0.717) is 0 Å². The first-order valence-electron chi connectivity index (χ1n) is 4.08. The molecule has 0 aromatic rings. The Labute approximate surface area is 85.8 Å². The number of ether oxygens (including phenoxy) is 1. The molecule has 0 N–H and O–H groups in total. The molecule has 0 atom stereocenters. The minimum atomic E-state index is -0.977. The van der Waals surface area contributed by atoms with E-state index < -0.39 is 11.1 Å². The molecule has 0 rings (SSSR count). The third-order valence-electron chi connectivity index (χ3n) is 1.45. The number of hydrogen-bond donors (Lipinski definition) is 0. The topological polar surface area (TPSA) is 99.0 Å². The first-order valence-corrected chi connectivity index (χ1v) is 4.08. The molecule has 0 aromatic carbocycles. The summed E-state index contributed by atoms with van der Waals surface area (Å²) in [4.78, 5) is 36.4. The van der Waals surface area contributed by atoms with Crippen LogP contribution in [0.3, 0.4) is 0 Å². The molecule has 0 bridgehead atoms. The summed E-state index contributed by atoms with van der Waals surface area (Å²) in [6.07, 6.45) is 0. The Morgan fingerprint density at radius 3 is 2.47 bits per heavy atom. The molecule has 1 amide bonds. The van der Waals surface area contributed by atoms with Gasteiger partial charge in [-0.2, -0.15) is 0 Å². The Morgan fingerprint density at radius 2 is 2.00 bits per heavy atom. The van der Waals surface area contributed by atoms with Crippen molar-refractivity contribution in [3.8, 4) is 0 Å². The number of rotatable bonds is 6. The van der Waals surface area contributed by atoms with E-state index in [1.54, 1.807) is 0 Å². The van der Waals surface area contributed by atoms with Crippen LogP contribution in [0.15, 0.2) is 0 Å². The summed E-state index contributed by atoms with van der Waals surface area (Å²) in [5, 5.41) is 8.72. The zero-order valence-electron chi connectivity index (χ0n) is 8.47. The standard InChI is InChI=1S/C7H12N2O6/c1-6(10)8(2)5-7(11)14-3-4-15-9(12)13/h3-5H2,1-2H3. The Kier molecular flexibility index (Phi) is 5.76. The summed E-state index contributed by atoms with van der Waals surface area (Å²) in [7, 11) is 1.44. The molecule has 0 heterocycles. The van der Waals surface area contributed by atoms with E-state index in [2.05, 4.69) is 9.57 Å². The van der Waals surface area contributed by atoms with Gasteiger partial charge in [0.15, 0.2) is 0 Å². The van der Waals surface area contributed by atoms with Crippen LogP contribution >= 0.6 is 0 Å². The van der Waals surface area contributed by atoms with E-state index in [0.717, 1.165) is 4.90 Å². The molecule has 0 aliphatic heterocycles. The van der Waals surface area contributed by atoms with Crippen LogP contribution < -0.4 is 0 Å². The number of esters is 1. The third kappa shape index (κ3) is 7.23. The molecule has 0 aliphatic rings. The lowest BCUT2D eigenvalue weighted by Crippen LogP contribution is -2.31. The highest BCUT2D eigenvalue weighted by atomic mass is 17.0. The Balaban J connectivity index is 3.58. The molecule has 0 fully saturated rings. The summed E-state index contributed by atoms with van der Waals surface area (Å²) in [6, 6.07) is 0. The summed E-state index contributed by atoms with van der Waals surface area (Å²) >= 11 is 0. The summed E-state index contributed by atoms with van der Waals surface area (Å²) in [6.45, 7) is 0.588. The highest BCUT2D eigenvalue weighted by Crippen LogP contribution is 1.87. The SMILES string of the molecule is CC(=O)N(C)CC(=O)OCCO[N+](=O)[O-]. The summed E-state index contributed by atoms with van der Waals surface area (Å²) in [5.41, 5.74) is 0. The number of amides is 1. The quantitative estimate of drug-likeness (QED) is 0.252. The monoisotopic (exact) mass is 220 g/mol. The van der Waals surface area contributed by atoms with Gasteiger partial charge in [0.25, 0.3) is 5.09 Å². The number of carbonyl (C=O) groups is 2. The molecule has 0 saturated carbocycles. The maximum absolute atomic E-state index is 11.0. The first kappa shape index (κ1) is 13.1. The Hall–Kier alpha value is -1.86. The van der Waals surface area contributed by atoms with Gasteiger partial charge in [-0.3, -0.25) is 9.59 Å². The molecule has 0 aromatic heterocycles. The number of carbonyl (C=O) groups excluding carboxylic acids is 2. The number of hydrogen-bond acceptors (Lipinski definition) is 6. The lowest BCUT2D eigenvalue weighted by Gasteiger charge is -2.13. The van der Waals surface area contributed by atoms with Gasteiger partial charge in [0.1, 0.15) is 19.8 Å². The maximum atomic E-state index is 11.0. The summed E-state index contributed by atoms with van der Waals surface area (Å²) in [5.74, 6) is -0.909. The predicted octanol–water partition coefficient (Wildman–Crippen LogP) is -0.784. The van der Waals surface area contributed by atoms with E-state index in [-0.39, 0.29) is 25.7 Å². The summed E-state index contributed by atoms with van der Waals surface area (Å²) < 4.78 is 4.55. The smallest absolute Gasteiger partial charge is 0.325 e.